The van der Waals surface area contributed by atoms with Gasteiger partial charge >= 0.3 is 0 Å². The first-order valence-corrected chi connectivity index (χ1v) is 7.84. The number of nitrogens with one attached hydrogen (secondary N) is 2. The van der Waals surface area contributed by atoms with Crippen LogP contribution in [0.5, 0.6) is 0 Å². The van der Waals surface area contributed by atoms with Gasteiger partial charge in [0.1, 0.15) is 0 Å². The van der Waals surface area contributed by atoms with Crippen molar-refractivity contribution >= 4 is 15.9 Å². The summed E-state index contributed by atoms with van der Waals surface area (Å²) in [6, 6.07) is 5.75. The Bertz CT molecular complexity index is 536. The number of aliphatic hydroxyl groups is 1. The molecule has 1 aromatic carbocycles. The quantitative estimate of drug-likeness (QED) is 0.678. The normalized spacial score (nSPS) is 12.9. The Kier molecular flexibility index (Phi) is 6.12. The van der Waals surface area contributed by atoms with E-state index in [-0.39, 0.29) is 17.4 Å². The number of hydrogen-bond donors (Lipinski definition) is 3. The Morgan fingerprint density at radius 2 is 1.90 bits per heavy atom. The first-order valence-electron chi connectivity index (χ1n) is 6.35. The molecule has 0 aliphatic heterocycles. The average Bonchev–Trinajstić information content (AvgIpc) is 2.43. The van der Waals surface area contributed by atoms with Gasteiger partial charge in [-0.05, 0) is 24.1 Å². The van der Waals surface area contributed by atoms with E-state index in [0.717, 1.165) is 5.56 Å². The second-order valence-electron chi connectivity index (χ2n) is 4.46. The Hall–Kier alpha value is -1.44. The lowest BCUT2D eigenvalue weighted by molar-refractivity contribution is -0.119. The van der Waals surface area contributed by atoms with E-state index >= 15 is 0 Å². The second-order valence-corrected chi connectivity index (χ2v) is 6.18. The maximum atomic E-state index is 12.0. The fraction of sp³-hybridized carbons (Fsp3) is 0.462. The van der Waals surface area contributed by atoms with E-state index in [1.165, 1.54) is 19.1 Å². The SMILES string of the molecule is CCC(CO)NS(=O)(=O)c1ccc(CNC(C)=O)cc1. The van der Waals surface area contributed by atoms with E-state index in [0.29, 0.717) is 13.0 Å². The van der Waals surface area contributed by atoms with E-state index in [2.05, 4.69) is 10.0 Å². The third-order valence-corrected chi connectivity index (χ3v) is 4.35. The van der Waals surface area contributed by atoms with Crippen LogP contribution in [-0.4, -0.2) is 32.1 Å². The Balaban J connectivity index is 2.78. The standard InChI is InChI=1S/C13H20N2O4S/c1-3-12(9-16)15-20(18,19)13-6-4-11(5-7-13)8-14-10(2)17/h4-7,12,15-16H,3,8-9H2,1-2H3,(H,14,17). The van der Waals surface area contributed by atoms with E-state index in [1.807, 2.05) is 0 Å². The number of aliphatic hydroxyl groups excluding tert-OH is 1. The van der Waals surface area contributed by atoms with Gasteiger partial charge in [0.2, 0.25) is 15.9 Å². The summed E-state index contributed by atoms with van der Waals surface area (Å²) in [5, 5.41) is 11.7. The molecule has 0 aliphatic rings. The van der Waals surface area contributed by atoms with Crippen molar-refractivity contribution in [3.8, 4) is 0 Å². The summed E-state index contributed by atoms with van der Waals surface area (Å²) in [5.41, 5.74) is 0.813. The molecule has 112 valence electrons. The van der Waals surface area contributed by atoms with Crippen LogP contribution in [-0.2, 0) is 21.4 Å². The third-order valence-electron chi connectivity index (χ3n) is 2.81. The number of carbonyl (C=O) groups is 1. The highest BCUT2D eigenvalue weighted by molar-refractivity contribution is 7.89. The number of rotatable bonds is 7. The number of sulfonamides is 1. The van der Waals surface area contributed by atoms with Gasteiger partial charge in [0, 0.05) is 19.5 Å². The fourth-order valence-electron chi connectivity index (χ4n) is 1.55. The van der Waals surface area contributed by atoms with Crippen LogP contribution < -0.4 is 10.0 Å². The molecule has 0 bridgehead atoms. The highest BCUT2D eigenvalue weighted by Crippen LogP contribution is 2.11. The number of benzene rings is 1. The molecule has 1 unspecified atom stereocenters. The maximum absolute atomic E-state index is 12.0. The topological polar surface area (TPSA) is 95.5 Å². The van der Waals surface area contributed by atoms with Crippen molar-refractivity contribution in [3.05, 3.63) is 29.8 Å². The van der Waals surface area contributed by atoms with Gasteiger partial charge in [-0.15, -0.1) is 0 Å². The molecule has 0 saturated heterocycles. The lowest BCUT2D eigenvalue weighted by Gasteiger charge is -2.14. The van der Waals surface area contributed by atoms with Crippen LogP contribution in [0.1, 0.15) is 25.8 Å². The molecule has 1 aromatic rings. The van der Waals surface area contributed by atoms with Crippen molar-refractivity contribution in [2.45, 2.75) is 37.8 Å². The molecule has 0 spiro atoms. The molecule has 0 fully saturated rings. The van der Waals surface area contributed by atoms with Gasteiger partial charge in [-0.1, -0.05) is 19.1 Å². The monoisotopic (exact) mass is 300 g/mol. The van der Waals surface area contributed by atoms with Crippen LogP contribution in [0.2, 0.25) is 0 Å². The van der Waals surface area contributed by atoms with Crippen molar-refractivity contribution in [1.29, 1.82) is 0 Å². The summed E-state index contributed by atoms with van der Waals surface area (Å²) in [6.07, 6.45) is 0.510. The summed E-state index contributed by atoms with van der Waals surface area (Å²) >= 11 is 0. The summed E-state index contributed by atoms with van der Waals surface area (Å²) < 4.78 is 26.5. The zero-order chi connectivity index (χ0) is 15.2. The first kappa shape index (κ1) is 16.6. The van der Waals surface area contributed by atoms with Crippen LogP contribution in [0.3, 0.4) is 0 Å². The van der Waals surface area contributed by atoms with Crippen LogP contribution in [0, 0.1) is 0 Å². The highest BCUT2D eigenvalue weighted by atomic mass is 32.2. The molecule has 0 aliphatic carbocycles. The molecular formula is C13H20N2O4S. The number of amides is 1. The van der Waals surface area contributed by atoms with Crippen molar-refractivity contribution in [2.75, 3.05) is 6.61 Å². The van der Waals surface area contributed by atoms with Crippen molar-refractivity contribution in [1.82, 2.24) is 10.0 Å². The van der Waals surface area contributed by atoms with Gasteiger partial charge in [-0.25, -0.2) is 13.1 Å². The Labute approximate surface area is 119 Å². The Morgan fingerprint density at radius 1 is 1.30 bits per heavy atom. The van der Waals surface area contributed by atoms with E-state index < -0.39 is 16.1 Å². The van der Waals surface area contributed by atoms with Gasteiger partial charge < -0.3 is 10.4 Å². The molecule has 3 N–H and O–H groups in total. The minimum Gasteiger partial charge on any atom is -0.395 e. The highest BCUT2D eigenvalue weighted by Gasteiger charge is 2.18. The first-order chi connectivity index (χ1) is 9.39. The second kappa shape index (κ2) is 7.37. The lowest BCUT2D eigenvalue weighted by Crippen LogP contribution is -2.36. The van der Waals surface area contributed by atoms with Crippen molar-refractivity contribution in [3.63, 3.8) is 0 Å². The third kappa shape index (κ3) is 4.92. The lowest BCUT2D eigenvalue weighted by atomic mass is 10.2. The fourth-order valence-corrected chi connectivity index (χ4v) is 2.86. The minimum absolute atomic E-state index is 0.135. The Morgan fingerprint density at radius 3 is 2.35 bits per heavy atom. The summed E-state index contributed by atoms with van der Waals surface area (Å²) in [6.45, 7) is 3.33. The van der Waals surface area contributed by atoms with Gasteiger partial charge in [0.25, 0.3) is 0 Å². The molecule has 1 atom stereocenters. The molecule has 1 amide bonds. The predicted molar refractivity (Wildman–Crippen MR) is 75.4 cm³/mol. The smallest absolute Gasteiger partial charge is 0.240 e. The van der Waals surface area contributed by atoms with Crippen LogP contribution >= 0.6 is 0 Å². The molecule has 6 nitrogen and oxygen atoms in total. The molecule has 0 aromatic heterocycles. The zero-order valence-electron chi connectivity index (χ0n) is 11.6. The van der Waals surface area contributed by atoms with Gasteiger partial charge in [0.15, 0.2) is 0 Å². The largest absolute Gasteiger partial charge is 0.395 e. The molecule has 20 heavy (non-hydrogen) atoms. The summed E-state index contributed by atoms with van der Waals surface area (Å²) in [4.78, 5) is 10.9. The van der Waals surface area contributed by atoms with Crippen molar-refractivity contribution < 1.29 is 18.3 Å². The van der Waals surface area contributed by atoms with Gasteiger partial charge in [-0.2, -0.15) is 0 Å². The molecule has 0 heterocycles. The van der Waals surface area contributed by atoms with Crippen LogP contribution in [0.15, 0.2) is 29.2 Å². The van der Waals surface area contributed by atoms with E-state index in [9.17, 15) is 13.2 Å². The zero-order valence-corrected chi connectivity index (χ0v) is 12.4. The number of carbonyl (C=O) groups excluding carboxylic acids is 1. The van der Waals surface area contributed by atoms with Gasteiger partial charge in [-0.3, -0.25) is 4.79 Å². The van der Waals surface area contributed by atoms with E-state index in [1.54, 1.807) is 19.1 Å². The molecule has 1 rings (SSSR count). The van der Waals surface area contributed by atoms with Crippen LogP contribution in [0.25, 0.3) is 0 Å². The van der Waals surface area contributed by atoms with Crippen LogP contribution in [0.4, 0.5) is 0 Å². The predicted octanol–water partition coefficient (Wildman–Crippen LogP) is 0.372. The van der Waals surface area contributed by atoms with Crippen molar-refractivity contribution in [2.24, 2.45) is 0 Å². The minimum atomic E-state index is -3.63. The maximum Gasteiger partial charge on any atom is 0.240 e. The molecule has 0 radical (unpaired) electrons. The molecule has 0 saturated carbocycles. The molecule has 7 heteroatoms. The van der Waals surface area contributed by atoms with Gasteiger partial charge in [0.05, 0.1) is 11.5 Å². The average molecular weight is 300 g/mol. The number of hydrogen-bond acceptors (Lipinski definition) is 4. The van der Waals surface area contributed by atoms with E-state index in [4.69, 9.17) is 5.11 Å². The molecular weight excluding hydrogens is 280 g/mol. The summed E-state index contributed by atoms with van der Waals surface area (Å²) in [7, 11) is -3.63. The summed E-state index contributed by atoms with van der Waals surface area (Å²) in [5.74, 6) is -0.142.